The highest BCUT2D eigenvalue weighted by atomic mass is 32.2. The normalized spacial score (nSPS) is 16.4. The van der Waals surface area contributed by atoms with Crippen LogP contribution in [0, 0.1) is 0 Å². The van der Waals surface area contributed by atoms with Gasteiger partial charge in [-0.3, -0.25) is 9.59 Å². The fourth-order valence-corrected chi connectivity index (χ4v) is 3.68. The van der Waals surface area contributed by atoms with Crippen LogP contribution in [0.4, 0.5) is 0 Å². The maximum absolute atomic E-state index is 12.5. The molecule has 1 fully saturated rings. The van der Waals surface area contributed by atoms with Crippen LogP contribution in [0.2, 0.25) is 0 Å². The summed E-state index contributed by atoms with van der Waals surface area (Å²) < 4.78 is 5.16. The van der Waals surface area contributed by atoms with Crippen molar-refractivity contribution in [3.63, 3.8) is 0 Å². The molecule has 1 saturated heterocycles. The maximum Gasteiger partial charge on any atom is 0.254 e. The summed E-state index contributed by atoms with van der Waals surface area (Å²) in [7, 11) is 1.64. The first-order chi connectivity index (χ1) is 13.1. The molecule has 2 aromatic rings. The van der Waals surface area contributed by atoms with Gasteiger partial charge in [0.2, 0.25) is 5.91 Å². The van der Waals surface area contributed by atoms with Gasteiger partial charge in [0.1, 0.15) is 10.8 Å². The highest BCUT2D eigenvalue weighted by Crippen LogP contribution is 2.19. The average Bonchev–Trinajstić information content (AvgIpc) is 3.05. The molecule has 2 amide bonds. The molecule has 7 heteroatoms. The predicted octanol–water partition coefficient (Wildman–Crippen LogP) is 2.39. The van der Waals surface area contributed by atoms with Gasteiger partial charge in [0.25, 0.3) is 5.91 Å². The molecule has 1 N–H and O–H groups in total. The first-order valence-electron chi connectivity index (χ1n) is 8.81. The molecule has 6 nitrogen and oxygen atoms in total. The van der Waals surface area contributed by atoms with Crippen molar-refractivity contribution < 1.29 is 14.3 Å². The van der Waals surface area contributed by atoms with Crippen LogP contribution in [0.1, 0.15) is 22.3 Å². The third-order valence-electron chi connectivity index (χ3n) is 4.59. The number of carbonyl (C=O) groups is 2. The highest BCUT2D eigenvalue weighted by molar-refractivity contribution is 7.98. The Morgan fingerprint density at radius 2 is 2.11 bits per heavy atom. The third-order valence-corrected chi connectivity index (χ3v) is 5.30. The molecule has 0 bridgehead atoms. The molecule has 1 aliphatic heterocycles. The minimum atomic E-state index is -0.178. The van der Waals surface area contributed by atoms with E-state index in [-0.39, 0.29) is 17.9 Å². The van der Waals surface area contributed by atoms with Crippen LogP contribution < -0.4 is 10.1 Å². The van der Waals surface area contributed by atoms with E-state index in [1.807, 2.05) is 35.4 Å². The number of methoxy groups -OCH3 is 1. The predicted molar refractivity (Wildman–Crippen MR) is 105 cm³/mol. The maximum atomic E-state index is 12.5. The van der Waals surface area contributed by atoms with Gasteiger partial charge in [0.05, 0.1) is 18.7 Å². The number of hydrogen-bond acceptors (Lipinski definition) is 5. The number of carbonyl (C=O) groups excluding carboxylic acids is 2. The van der Waals surface area contributed by atoms with E-state index in [2.05, 4.69) is 10.3 Å². The van der Waals surface area contributed by atoms with Crippen LogP contribution in [0.25, 0.3) is 0 Å². The Bertz CT molecular complexity index is 810. The van der Waals surface area contributed by atoms with Crippen LogP contribution in [0.5, 0.6) is 5.75 Å². The molecule has 1 aromatic heterocycles. The first-order valence-corrected chi connectivity index (χ1v) is 10.0. The molecular weight excluding hydrogens is 362 g/mol. The van der Waals surface area contributed by atoms with Crippen molar-refractivity contribution in [1.29, 1.82) is 0 Å². The molecule has 1 aromatic carbocycles. The summed E-state index contributed by atoms with van der Waals surface area (Å²) in [5, 5.41) is 3.66. The van der Waals surface area contributed by atoms with E-state index in [0.29, 0.717) is 30.1 Å². The van der Waals surface area contributed by atoms with Crippen molar-refractivity contribution in [2.24, 2.45) is 0 Å². The molecule has 3 rings (SSSR count). The molecule has 0 aliphatic carbocycles. The molecule has 1 unspecified atom stereocenters. The Hall–Kier alpha value is -2.54. The Labute approximate surface area is 163 Å². The van der Waals surface area contributed by atoms with Gasteiger partial charge in [0, 0.05) is 25.7 Å². The van der Waals surface area contributed by atoms with E-state index in [1.54, 1.807) is 25.4 Å². The number of pyridine rings is 1. The Morgan fingerprint density at radius 1 is 1.33 bits per heavy atom. The van der Waals surface area contributed by atoms with Crippen LogP contribution in [0.15, 0.2) is 47.6 Å². The Kier molecular flexibility index (Phi) is 6.34. The van der Waals surface area contributed by atoms with Crippen LogP contribution in [0.3, 0.4) is 0 Å². The Balaban J connectivity index is 1.54. The van der Waals surface area contributed by atoms with Gasteiger partial charge in [0.15, 0.2) is 0 Å². The second-order valence-corrected chi connectivity index (χ2v) is 7.17. The van der Waals surface area contributed by atoms with Crippen molar-refractivity contribution in [3.8, 4) is 5.75 Å². The number of aromatic nitrogens is 1. The van der Waals surface area contributed by atoms with Gasteiger partial charge >= 0.3 is 0 Å². The number of thioether (sulfide) groups is 1. The van der Waals surface area contributed by atoms with Crippen molar-refractivity contribution in [1.82, 2.24) is 15.2 Å². The number of benzene rings is 1. The van der Waals surface area contributed by atoms with Gasteiger partial charge in [-0.15, -0.1) is 11.8 Å². The average molecular weight is 385 g/mol. The monoisotopic (exact) mass is 385 g/mol. The fraction of sp³-hybridized carbons (Fsp3) is 0.350. The highest BCUT2D eigenvalue weighted by Gasteiger charge is 2.30. The second-order valence-electron chi connectivity index (χ2n) is 6.37. The largest absolute Gasteiger partial charge is 0.497 e. The standard InChI is InChI=1S/C20H23N3O3S/c1-26-16-7-5-14(6-8-16)9-11-23-13-15(12-18(23)24)22-19(25)17-4-3-10-21-20(17)27-2/h3-8,10,15H,9,11-13H2,1-2H3,(H,22,25). The lowest BCUT2D eigenvalue weighted by Crippen LogP contribution is -2.37. The molecule has 0 radical (unpaired) electrons. The third kappa shape index (κ3) is 4.80. The van der Waals surface area contributed by atoms with Crippen LogP contribution >= 0.6 is 11.8 Å². The van der Waals surface area contributed by atoms with E-state index in [4.69, 9.17) is 4.74 Å². The van der Waals surface area contributed by atoms with E-state index in [9.17, 15) is 9.59 Å². The number of likely N-dealkylation sites (tertiary alicyclic amines) is 1. The smallest absolute Gasteiger partial charge is 0.254 e. The van der Waals surface area contributed by atoms with Gasteiger partial charge in [-0.25, -0.2) is 4.98 Å². The zero-order chi connectivity index (χ0) is 19.2. The summed E-state index contributed by atoms with van der Waals surface area (Å²) in [6.07, 6.45) is 4.67. The minimum absolute atomic E-state index is 0.0742. The van der Waals surface area contributed by atoms with E-state index in [0.717, 1.165) is 17.7 Å². The van der Waals surface area contributed by atoms with E-state index < -0.39 is 0 Å². The second kappa shape index (κ2) is 8.90. The number of ether oxygens (including phenoxy) is 1. The molecule has 0 spiro atoms. The fourth-order valence-electron chi connectivity index (χ4n) is 3.13. The SMILES string of the molecule is COc1ccc(CCN2CC(NC(=O)c3cccnc3SC)CC2=O)cc1. The summed E-state index contributed by atoms with van der Waals surface area (Å²) in [6, 6.07) is 11.2. The van der Waals surface area contributed by atoms with Crippen LogP contribution in [-0.2, 0) is 11.2 Å². The minimum Gasteiger partial charge on any atom is -0.497 e. The lowest BCUT2D eigenvalue weighted by molar-refractivity contribution is -0.127. The van der Waals surface area contributed by atoms with E-state index >= 15 is 0 Å². The summed E-state index contributed by atoms with van der Waals surface area (Å²) in [5.41, 5.74) is 1.70. The molecule has 142 valence electrons. The topological polar surface area (TPSA) is 71.5 Å². The van der Waals surface area contributed by atoms with Crippen molar-refractivity contribution in [2.45, 2.75) is 23.9 Å². The molecule has 1 aliphatic rings. The zero-order valence-corrected chi connectivity index (χ0v) is 16.3. The molecular formula is C20H23N3O3S. The summed E-state index contributed by atoms with van der Waals surface area (Å²) in [6.45, 7) is 1.18. The molecule has 2 heterocycles. The molecule has 27 heavy (non-hydrogen) atoms. The number of nitrogens with zero attached hydrogens (tertiary/aromatic N) is 2. The zero-order valence-electron chi connectivity index (χ0n) is 15.5. The summed E-state index contributed by atoms with van der Waals surface area (Å²) in [5.74, 6) is 0.714. The van der Waals surface area contributed by atoms with E-state index in [1.165, 1.54) is 11.8 Å². The van der Waals surface area contributed by atoms with Gasteiger partial charge in [-0.2, -0.15) is 0 Å². The number of hydrogen-bond donors (Lipinski definition) is 1. The van der Waals surface area contributed by atoms with Crippen molar-refractivity contribution >= 4 is 23.6 Å². The lowest BCUT2D eigenvalue weighted by atomic mass is 10.1. The van der Waals surface area contributed by atoms with Crippen LogP contribution in [-0.4, -0.2) is 54.2 Å². The van der Waals surface area contributed by atoms with Gasteiger partial charge < -0.3 is 15.0 Å². The van der Waals surface area contributed by atoms with Crippen molar-refractivity contribution in [2.75, 3.05) is 26.5 Å². The number of rotatable bonds is 7. The van der Waals surface area contributed by atoms with Gasteiger partial charge in [-0.05, 0) is 42.5 Å². The van der Waals surface area contributed by atoms with Gasteiger partial charge in [-0.1, -0.05) is 12.1 Å². The molecule has 1 atom stereocenters. The number of nitrogens with one attached hydrogen (secondary N) is 1. The number of amides is 2. The quantitative estimate of drug-likeness (QED) is 0.741. The summed E-state index contributed by atoms with van der Waals surface area (Å²) in [4.78, 5) is 30.8. The Morgan fingerprint density at radius 3 is 2.81 bits per heavy atom. The van der Waals surface area contributed by atoms with Crippen molar-refractivity contribution in [3.05, 3.63) is 53.7 Å². The lowest BCUT2D eigenvalue weighted by Gasteiger charge is -2.17. The first kappa shape index (κ1) is 19.2. The summed E-state index contributed by atoms with van der Waals surface area (Å²) >= 11 is 1.43. The molecule has 0 saturated carbocycles.